The van der Waals surface area contributed by atoms with Crippen molar-refractivity contribution in [2.45, 2.75) is 0 Å². The van der Waals surface area contributed by atoms with E-state index < -0.39 is 0 Å². The topological polar surface area (TPSA) is 61.7 Å². The van der Waals surface area contributed by atoms with E-state index in [2.05, 4.69) is 10.3 Å². The lowest BCUT2D eigenvalue weighted by atomic mass is 10.2. The molecule has 2 aromatic carbocycles. The number of carbonyl (C=O) groups excluding carboxylic acids is 1. The zero-order chi connectivity index (χ0) is 16.4. The van der Waals surface area contributed by atoms with Crippen molar-refractivity contribution in [1.29, 1.82) is 0 Å². The largest absolute Gasteiger partial charge is 0.507 e. The number of aromatic hydroxyl groups is 1. The van der Waals surface area contributed by atoms with Crippen LogP contribution in [0.1, 0.15) is 5.56 Å². The van der Waals surface area contributed by atoms with E-state index in [4.69, 9.17) is 23.2 Å². The maximum atomic E-state index is 12.0. The fraction of sp³-hybridized carbons (Fsp3) is 0. The van der Waals surface area contributed by atoms with Gasteiger partial charge >= 0.3 is 0 Å². The number of aliphatic imine (C=N–C) groups is 1. The first-order valence-corrected chi connectivity index (χ1v) is 8.13. The average Bonchev–Trinajstić information content (AvgIpc) is 2.85. The van der Waals surface area contributed by atoms with Crippen LogP contribution in [0.5, 0.6) is 5.75 Å². The van der Waals surface area contributed by atoms with Crippen LogP contribution in [0.3, 0.4) is 0 Å². The number of benzene rings is 2. The number of carbonyl (C=O) groups is 1. The van der Waals surface area contributed by atoms with E-state index in [0.717, 1.165) is 0 Å². The smallest absolute Gasteiger partial charge is 0.264 e. The molecule has 2 aromatic rings. The molecule has 0 saturated carbocycles. The second-order valence-corrected chi connectivity index (χ2v) is 6.48. The van der Waals surface area contributed by atoms with E-state index in [1.165, 1.54) is 11.8 Å². The third kappa shape index (κ3) is 3.69. The molecule has 0 spiro atoms. The molecule has 1 aliphatic rings. The number of halogens is 2. The predicted molar refractivity (Wildman–Crippen MR) is 95.4 cm³/mol. The SMILES string of the molecule is O=C1NC(=Nc2ccc(Cl)c(Cl)c2)S/C1=C/c1ccccc1O. The summed E-state index contributed by atoms with van der Waals surface area (Å²) in [5, 5.41) is 13.7. The number of amidine groups is 1. The third-order valence-electron chi connectivity index (χ3n) is 3.01. The van der Waals surface area contributed by atoms with E-state index in [1.807, 2.05) is 0 Å². The fourth-order valence-electron chi connectivity index (χ4n) is 1.90. The van der Waals surface area contributed by atoms with Gasteiger partial charge in [0, 0.05) is 5.56 Å². The molecule has 4 nitrogen and oxygen atoms in total. The molecular weight excluding hydrogens is 355 g/mol. The lowest BCUT2D eigenvalue weighted by Crippen LogP contribution is -2.19. The van der Waals surface area contributed by atoms with E-state index in [-0.39, 0.29) is 11.7 Å². The number of para-hydroxylation sites is 1. The highest BCUT2D eigenvalue weighted by Gasteiger charge is 2.24. The molecule has 0 atom stereocenters. The Morgan fingerprint density at radius 3 is 2.65 bits per heavy atom. The molecule has 116 valence electrons. The number of amides is 1. The fourth-order valence-corrected chi connectivity index (χ4v) is 3.03. The van der Waals surface area contributed by atoms with Crippen LogP contribution in [0.25, 0.3) is 6.08 Å². The maximum absolute atomic E-state index is 12.0. The van der Waals surface area contributed by atoms with Crippen LogP contribution in [-0.4, -0.2) is 16.2 Å². The molecule has 1 heterocycles. The standard InChI is InChI=1S/C16H10Cl2N2O2S/c17-11-6-5-10(8-12(11)18)19-16-20-15(22)14(23-16)7-9-3-1-2-4-13(9)21/h1-8,21H,(H,19,20,22)/b14-7+. The Morgan fingerprint density at radius 2 is 1.91 bits per heavy atom. The highest BCUT2D eigenvalue weighted by Crippen LogP contribution is 2.31. The normalized spacial score (nSPS) is 17.7. The molecule has 0 radical (unpaired) electrons. The summed E-state index contributed by atoms with van der Waals surface area (Å²) in [7, 11) is 0. The molecule has 3 rings (SSSR count). The van der Waals surface area contributed by atoms with Crippen molar-refractivity contribution in [2.75, 3.05) is 0 Å². The first kappa shape index (κ1) is 15.9. The summed E-state index contributed by atoms with van der Waals surface area (Å²) in [4.78, 5) is 16.8. The van der Waals surface area contributed by atoms with E-state index in [9.17, 15) is 9.90 Å². The van der Waals surface area contributed by atoms with E-state index in [1.54, 1.807) is 48.5 Å². The first-order valence-electron chi connectivity index (χ1n) is 6.55. The van der Waals surface area contributed by atoms with E-state index in [0.29, 0.717) is 31.4 Å². The van der Waals surface area contributed by atoms with Crippen LogP contribution in [0.4, 0.5) is 5.69 Å². The van der Waals surface area contributed by atoms with Crippen molar-refractivity contribution in [3.05, 3.63) is 63.0 Å². The molecule has 23 heavy (non-hydrogen) atoms. The van der Waals surface area contributed by atoms with Gasteiger partial charge in [0.05, 0.1) is 20.6 Å². The molecule has 1 amide bonds. The predicted octanol–water partition coefficient (Wildman–Crippen LogP) is 4.59. The summed E-state index contributed by atoms with van der Waals surface area (Å²) in [6, 6.07) is 11.8. The number of nitrogens with zero attached hydrogens (tertiary/aromatic N) is 1. The minimum atomic E-state index is -0.267. The molecule has 0 aliphatic carbocycles. The Kier molecular flexibility index (Phi) is 4.61. The van der Waals surface area contributed by atoms with Gasteiger partial charge in [0.25, 0.3) is 5.91 Å². The molecule has 0 unspecified atom stereocenters. The molecular formula is C16H10Cl2N2O2S. The molecule has 0 aromatic heterocycles. The lowest BCUT2D eigenvalue weighted by molar-refractivity contribution is -0.115. The second kappa shape index (κ2) is 6.66. The second-order valence-electron chi connectivity index (χ2n) is 4.64. The van der Waals surface area contributed by atoms with Crippen molar-refractivity contribution < 1.29 is 9.90 Å². The Labute approximate surface area is 146 Å². The highest BCUT2D eigenvalue weighted by molar-refractivity contribution is 8.18. The van der Waals surface area contributed by atoms with Gasteiger partial charge in [-0.15, -0.1) is 0 Å². The third-order valence-corrected chi connectivity index (χ3v) is 4.66. The van der Waals surface area contributed by atoms with Crippen LogP contribution in [0.2, 0.25) is 10.0 Å². The van der Waals surface area contributed by atoms with Crippen molar-refractivity contribution in [3.63, 3.8) is 0 Å². The van der Waals surface area contributed by atoms with Gasteiger partial charge in [0.2, 0.25) is 0 Å². The Balaban J connectivity index is 1.86. The van der Waals surface area contributed by atoms with Gasteiger partial charge in [-0.1, -0.05) is 41.4 Å². The number of phenolic OH excluding ortho intramolecular Hbond substituents is 1. The van der Waals surface area contributed by atoms with Crippen LogP contribution in [-0.2, 0) is 4.79 Å². The Hall–Kier alpha value is -1.95. The van der Waals surface area contributed by atoms with Crippen LogP contribution < -0.4 is 5.32 Å². The Bertz CT molecular complexity index is 850. The van der Waals surface area contributed by atoms with Crippen molar-refractivity contribution in [1.82, 2.24) is 5.32 Å². The van der Waals surface area contributed by atoms with Gasteiger partial charge < -0.3 is 10.4 Å². The van der Waals surface area contributed by atoms with Gasteiger partial charge in [-0.2, -0.15) is 0 Å². The number of hydrogen-bond donors (Lipinski definition) is 2. The van der Waals surface area contributed by atoms with Crippen LogP contribution in [0, 0.1) is 0 Å². The number of phenols is 1. The van der Waals surface area contributed by atoms with Gasteiger partial charge in [-0.05, 0) is 42.1 Å². The summed E-state index contributed by atoms with van der Waals surface area (Å²) in [6.45, 7) is 0. The average molecular weight is 365 g/mol. The monoisotopic (exact) mass is 364 g/mol. The first-order chi connectivity index (χ1) is 11.0. The number of rotatable bonds is 2. The molecule has 2 N–H and O–H groups in total. The molecule has 7 heteroatoms. The summed E-state index contributed by atoms with van der Waals surface area (Å²) in [5.74, 6) is -0.152. The maximum Gasteiger partial charge on any atom is 0.264 e. The van der Waals surface area contributed by atoms with Gasteiger partial charge in [0.1, 0.15) is 5.75 Å². The van der Waals surface area contributed by atoms with Crippen LogP contribution >= 0.6 is 35.0 Å². The van der Waals surface area contributed by atoms with Crippen LogP contribution in [0.15, 0.2) is 52.4 Å². The van der Waals surface area contributed by atoms with Crippen molar-refractivity contribution in [2.24, 2.45) is 4.99 Å². The van der Waals surface area contributed by atoms with E-state index >= 15 is 0 Å². The summed E-state index contributed by atoms with van der Waals surface area (Å²) in [5.41, 5.74) is 1.16. The van der Waals surface area contributed by atoms with Gasteiger partial charge in [0.15, 0.2) is 5.17 Å². The van der Waals surface area contributed by atoms with Crippen molar-refractivity contribution in [3.8, 4) is 5.75 Å². The van der Waals surface area contributed by atoms with Crippen molar-refractivity contribution >= 4 is 57.8 Å². The lowest BCUT2D eigenvalue weighted by Gasteiger charge is -1.99. The highest BCUT2D eigenvalue weighted by atomic mass is 35.5. The summed E-state index contributed by atoms with van der Waals surface area (Å²) >= 11 is 13.0. The number of nitrogens with one attached hydrogen (secondary N) is 1. The summed E-state index contributed by atoms with van der Waals surface area (Å²) < 4.78 is 0. The zero-order valence-electron chi connectivity index (χ0n) is 11.6. The number of thioether (sulfide) groups is 1. The molecule has 1 aliphatic heterocycles. The molecule has 1 fully saturated rings. The molecule has 0 bridgehead atoms. The number of hydrogen-bond acceptors (Lipinski definition) is 4. The Morgan fingerprint density at radius 1 is 1.13 bits per heavy atom. The summed E-state index contributed by atoms with van der Waals surface area (Å²) in [6.07, 6.45) is 1.62. The minimum Gasteiger partial charge on any atom is -0.507 e. The zero-order valence-corrected chi connectivity index (χ0v) is 13.9. The van der Waals surface area contributed by atoms with Gasteiger partial charge in [-0.3, -0.25) is 4.79 Å². The van der Waals surface area contributed by atoms with Gasteiger partial charge in [-0.25, -0.2) is 4.99 Å². The minimum absolute atomic E-state index is 0.114. The quantitative estimate of drug-likeness (QED) is 0.766. The molecule has 1 saturated heterocycles.